The van der Waals surface area contributed by atoms with E-state index in [0.29, 0.717) is 23.0 Å². The summed E-state index contributed by atoms with van der Waals surface area (Å²) in [5, 5.41) is 4.21. The molecule has 0 radical (unpaired) electrons. The number of amides is 2. The van der Waals surface area contributed by atoms with Crippen molar-refractivity contribution in [2.45, 2.75) is 32.0 Å². The van der Waals surface area contributed by atoms with Gasteiger partial charge in [0.2, 0.25) is 11.8 Å². The molecule has 4 rings (SSSR count). The minimum Gasteiger partial charge on any atom is -0.350 e. The Kier molecular flexibility index (Phi) is 9.36. The van der Waals surface area contributed by atoms with Gasteiger partial charge in [-0.25, -0.2) is 0 Å². The highest BCUT2D eigenvalue weighted by Crippen LogP contribution is 2.19. The second kappa shape index (κ2) is 13.1. The van der Waals surface area contributed by atoms with Crippen molar-refractivity contribution in [3.8, 4) is 0 Å². The third-order valence-electron chi connectivity index (χ3n) is 6.15. The number of halogens is 2. The standard InChI is InChI=1S/C31H28Cl2N2O2/c32-27-17-15-24(16-18-27)20-30(36)35(22-25-11-5-2-6-12-25)29(19-23-9-3-1-4-10-23)31(37)34-21-26-13-7-8-14-28(26)33/h1-18,29H,19-22H2,(H,34,37). The molecule has 1 unspecified atom stereocenters. The van der Waals surface area contributed by atoms with E-state index in [-0.39, 0.29) is 24.8 Å². The number of nitrogens with zero attached hydrogens (tertiary/aromatic N) is 1. The maximum atomic E-state index is 13.8. The van der Waals surface area contributed by atoms with Crippen LogP contribution in [0.2, 0.25) is 10.0 Å². The van der Waals surface area contributed by atoms with Gasteiger partial charge in [0.15, 0.2) is 0 Å². The Morgan fingerprint density at radius 1 is 0.703 bits per heavy atom. The summed E-state index contributed by atoms with van der Waals surface area (Å²) in [7, 11) is 0. The van der Waals surface area contributed by atoms with Gasteiger partial charge in [-0.05, 0) is 40.5 Å². The molecule has 1 atom stereocenters. The van der Waals surface area contributed by atoms with Crippen molar-refractivity contribution in [1.82, 2.24) is 10.2 Å². The lowest BCUT2D eigenvalue weighted by molar-refractivity contribution is -0.140. The molecule has 0 saturated heterocycles. The number of hydrogen-bond acceptors (Lipinski definition) is 2. The molecule has 1 N–H and O–H groups in total. The molecule has 4 nitrogen and oxygen atoms in total. The van der Waals surface area contributed by atoms with Crippen LogP contribution in [-0.2, 0) is 35.5 Å². The monoisotopic (exact) mass is 530 g/mol. The molecule has 0 spiro atoms. The Balaban J connectivity index is 1.64. The Morgan fingerprint density at radius 3 is 1.95 bits per heavy atom. The lowest BCUT2D eigenvalue weighted by Crippen LogP contribution is -2.50. The highest BCUT2D eigenvalue weighted by atomic mass is 35.5. The topological polar surface area (TPSA) is 49.4 Å². The average Bonchev–Trinajstić information content (AvgIpc) is 2.92. The summed E-state index contributed by atoms with van der Waals surface area (Å²) >= 11 is 12.4. The molecule has 0 saturated carbocycles. The Morgan fingerprint density at radius 2 is 1.30 bits per heavy atom. The second-order valence-electron chi connectivity index (χ2n) is 8.83. The summed E-state index contributed by atoms with van der Waals surface area (Å²) in [6, 6.07) is 33.4. The molecule has 0 heterocycles. The van der Waals surface area contributed by atoms with Gasteiger partial charge in [-0.3, -0.25) is 9.59 Å². The number of nitrogens with one attached hydrogen (secondary N) is 1. The summed E-state index contributed by atoms with van der Waals surface area (Å²) in [4.78, 5) is 29.1. The van der Waals surface area contributed by atoms with Crippen molar-refractivity contribution in [3.05, 3.63) is 141 Å². The molecule has 4 aromatic carbocycles. The van der Waals surface area contributed by atoms with Crippen LogP contribution < -0.4 is 5.32 Å². The highest BCUT2D eigenvalue weighted by molar-refractivity contribution is 6.31. The van der Waals surface area contributed by atoms with Crippen molar-refractivity contribution in [2.75, 3.05) is 0 Å². The lowest BCUT2D eigenvalue weighted by atomic mass is 10.0. The van der Waals surface area contributed by atoms with Gasteiger partial charge < -0.3 is 10.2 Å². The van der Waals surface area contributed by atoms with Crippen molar-refractivity contribution in [1.29, 1.82) is 0 Å². The molecule has 0 aliphatic carbocycles. The van der Waals surface area contributed by atoms with E-state index in [1.165, 1.54) is 0 Å². The molecule has 37 heavy (non-hydrogen) atoms. The maximum Gasteiger partial charge on any atom is 0.243 e. The molecule has 0 aliphatic rings. The van der Waals surface area contributed by atoms with E-state index < -0.39 is 6.04 Å². The van der Waals surface area contributed by atoms with Crippen LogP contribution in [0.5, 0.6) is 0 Å². The van der Waals surface area contributed by atoms with Crippen molar-refractivity contribution in [3.63, 3.8) is 0 Å². The van der Waals surface area contributed by atoms with Gasteiger partial charge in [-0.2, -0.15) is 0 Å². The van der Waals surface area contributed by atoms with Crippen LogP contribution in [-0.4, -0.2) is 22.8 Å². The first-order valence-electron chi connectivity index (χ1n) is 12.1. The van der Waals surface area contributed by atoms with Gasteiger partial charge in [-0.1, -0.05) is 114 Å². The van der Waals surface area contributed by atoms with Crippen LogP contribution in [0.3, 0.4) is 0 Å². The molecule has 0 aliphatic heterocycles. The van der Waals surface area contributed by atoms with Gasteiger partial charge in [0.05, 0.1) is 6.42 Å². The van der Waals surface area contributed by atoms with E-state index in [1.807, 2.05) is 91.0 Å². The third kappa shape index (κ3) is 7.69. The summed E-state index contributed by atoms with van der Waals surface area (Å²) in [6.45, 7) is 0.582. The van der Waals surface area contributed by atoms with E-state index in [9.17, 15) is 9.59 Å². The largest absolute Gasteiger partial charge is 0.350 e. The van der Waals surface area contributed by atoms with Gasteiger partial charge in [0, 0.05) is 29.6 Å². The lowest BCUT2D eigenvalue weighted by Gasteiger charge is -2.32. The van der Waals surface area contributed by atoms with Crippen molar-refractivity contribution >= 4 is 35.0 Å². The fraction of sp³-hybridized carbons (Fsp3) is 0.161. The minimum atomic E-state index is -0.718. The van der Waals surface area contributed by atoms with Gasteiger partial charge in [0.1, 0.15) is 6.04 Å². The predicted molar refractivity (Wildman–Crippen MR) is 149 cm³/mol. The molecule has 6 heteroatoms. The zero-order chi connectivity index (χ0) is 26.0. The first-order chi connectivity index (χ1) is 18.0. The quantitative estimate of drug-likeness (QED) is 0.254. The Bertz CT molecular complexity index is 1310. The number of hydrogen-bond donors (Lipinski definition) is 1. The van der Waals surface area contributed by atoms with E-state index in [0.717, 1.165) is 22.3 Å². The van der Waals surface area contributed by atoms with Crippen LogP contribution in [0.15, 0.2) is 109 Å². The van der Waals surface area contributed by atoms with Crippen LogP contribution in [0.25, 0.3) is 0 Å². The molecule has 4 aromatic rings. The summed E-state index contributed by atoms with van der Waals surface area (Å²) in [5.74, 6) is -0.371. The molecule has 0 fully saturated rings. The predicted octanol–water partition coefficient (Wildman–Crippen LogP) is 6.49. The van der Waals surface area contributed by atoms with E-state index in [2.05, 4.69) is 5.32 Å². The molecular weight excluding hydrogens is 503 g/mol. The molecule has 2 amide bonds. The molecule has 0 bridgehead atoms. The summed E-state index contributed by atoms with van der Waals surface area (Å²) in [5.41, 5.74) is 3.57. The third-order valence-corrected chi connectivity index (χ3v) is 6.77. The van der Waals surface area contributed by atoms with Crippen molar-refractivity contribution in [2.24, 2.45) is 0 Å². The van der Waals surface area contributed by atoms with E-state index >= 15 is 0 Å². The van der Waals surface area contributed by atoms with Gasteiger partial charge in [-0.15, -0.1) is 0 Å². The SMILES string of the molecule is O=C(NCc1ccccc1Cl)C(Cc1ccccc1)N(Cc1ccccc1)C(=O)Cc1ccc(Cl)cc1. The number of carbonyl (C=O) groups is 2. The maximum absolute atomic E-state index is 13.8. The number of benzene rings is 4. The van der Waals surface area contributed by atoms with Crippen LogP contribution in [0, 0.1) is 0 Å². The zero-order valence-corrected chi connectivity index (χ0v) is 21.8. The smallest absolute Gasteiger partial charge is 0.243 e. The van der Waals surface area contributed by atoms with Crippen LogP contribution in [0.1, 0.15) is 22.3 Å². The van der Waals surface area contributed by atoms with Crippen LogP contribution in [0.4, 0.5) is 0 Å². The van der Waals surface area contributed by atoms with Gasteiger partial charge in [0.25, 0.3) is 0 Å². The fourth-order valence-corrected chi connectivity index (χ4v) is 4.48. The first-order valence-corrected chi connectivity index (χ1v) is 12.9. The number of carbonyl (C=O) groups excluding carboxylic acids is 2. The molecular formula is C31H28Cl2N2O2. The fourth-order valence-electron chi connectivity index (χ4n) is 4.15. The Labute approximate surface area is 227 Å². The first kappa shape index (κ1) is 26.5. The van der Waals surface area contributed by atoms with E-state index in [1.54, 1.807) is 23.1 Å². The minimum absolute atomic E-state index is 0.139. The van der Waals surface area contributed by atoms with Crippen LogP contribution >= 0.6 is 23.2 Å². The molecule has 188 valence electrons. The van der Waals surface area contributed by atoms with E-state index in [4.69, 9.17) is 23.2 Å². The summed E-state index contributed by atoms with van der Waals surface area (Å²) < 4.78 is 0. The van der Waals surface area contributed by atoms with Crippen molar-refractivity contribution < 1.29 is 9.59 Å². The zero-order valence-electron chi connectivity index (χ0n) is 20.3. The highest BCUT2D eigenvalue weighted by Gasteiger charge is 2.30. The average molecular weight is 531 g/mol. The Hall–Kier alpha value is -3.60. The normalized spacial score (nSPS) is 11.5. The second-order valence-corrected chi connectivity index (χ2v) is 9.67. The summed E-state index contributed by atoms with van der Waals surface area (Å²) in [6.07, 6.45) is 0.543. The van der Waals surface area contributed by atoms with Gasteiger partial charge >= 0.3 is 0 Å². The molecule has 0 aromatic heterocycles. The number of rotatable bonds is 10.